The molecule has 1 saturated heterocycles. The maximum atomic E-state index is 13.7. The SMILES string of the molecule is Cn1cc(C2CCN(C(=O)C(=O)Nc3cc(Br)ccc3F)CC2)cn1. The minimum Gasteiger partial charge on any atom is -0.334 e. The van der Waals surface area contributed by atoms with Crippen LogP contribution >= 0.6 is 15.9 Å². The molecule has 3 rings (SSSR count). The average Bonchev–Trinajstić information content (AvgIpc) is 3.04. The van der Waals surface area contributed by atoms with E-state index in [2.05, 4.69) is 26.3 Å². The van der Waals surface area contributed by atoms with Crippen LogP contribution in [0.1, 0.15) is 24.3 Å². The molecule has 0 aliphatic carbocycles. The predicted octanol–water partition coefficient (Wildman–Crippen LogP) is 2.67. The minimum atomic E-state index is -0.822. The Bertz CT molecular complexity index is 800. The molecule has 25 heavy (non-hydrogen) atoms. The number of hydrogen-bond donors (Lipinski definition) is 1. The number of nitrogens with one attached hydrogen (secondary N) is 1. The van der Waals surface area contributed by atoms with Gasteiger partial charge in [0.2, 0.25) is 0 Å². The molecular formula is C17H18BrFN4O2. The molecule has 2 amide bonds. The summed E-state index contributed by atoms with van der Waals surface area (Å²) in [6, 6.07) is 4.18. The lowest BCUT2D eigenvalue weighted by Gasteiger charge is -2.31. The van der Waals surface area contributed by atoms with Gasteiger partial charge in [0.1, 0.15) is 5.82 Å². The Morgan fingerprint density at radius 1 is 1.32 bits per heavy atom. The zero-order chi connectivity index (χ0) is 18.0. The molecule has 2 heterocycles. The predicted molar refractivity (Wildman–Crippen MR) is 94.5 cm³/mol. The molecule has 1 aromatic heterocycles. The number of halogens is 2. The standard InChI is InChI=1S/C17H18BrFN4O2/c1-22-10-12(9-20-22)11-4-6-23(7-5-11)17(25)16(24)21-15-8-13(18)2-3-14(15)19/h2-3,8-11H,4-7H2,1H3,(H,21,24). The van der Waals surface area contributed by atoms with Crippen LogP contribution in [0.3, 0.4) is 0 Å². The summed E-state index contributed by atoms with van der Waals surface area (Å²) in [5.41, 5.74) is 1.13. The fourth-order valence-corrected chi connectivity index (χ4v) is 3.34. The largest absolute Gasteiger partial charge is 0.334 e. The third-order valence-corrected chi connectivity index (χ3v) is 4.84. The number of hydrogen-bond acceptors (Lipinski definition) is 3. The molecule has 0 radical (unpaired) electrons. The van der Waals surface area contributed by atoms with E-state index in [4.69, 9.17) is 0 Å². The van der Waals surface area contributed by atoms with Gasteiger partial charge < -0.3 is 10.2 Å². The van der Waals surface area contributed by atoms with Crippen molar-refractivity contribution in [3.05, 3.63) is 46.4 Å². The Morgan fingerprint density at radius 2 is 2.04 bits per heavy atom. The van der Waals surface area contributed by atoms with Gasteiger partial charge in [-0.05, 0) is 42.5 Å². The number of amides is 2. The number of nitrogens with zero attached hydrogens (tertiary/aromatic N) is 3. The normalized spacial score (nSPS) is 15.2. The first-order valence-corrected chi connectivity index (χ1v) is 8.77. The van der Waals surface area contributed by atoms with E-state index in [-0.39, 0.29) is 5.69 Å². The number of aromatic nitrogens is 2. The molecule has 0 unspecified atom stereocenters. The van der Waals surface area contributed by atoms with Gasteiger partial charge in [0.25, 0.3) is 0 Å². The summed E-state index contributed by atoms with van der Waals surface area (Å²) >= 11 is 3.21. The van der Waals surface area contributed by atoms with Crippen LogP contribution in [-0.2, 0) is 16.6 Å². The first kappa shape index (κ1) is 17.6. The number of likely N-dealkylation sites (tertiary alicyclic amines) is 1. The fourth-order valence-electron chi connectivity index (χ4n) is 2.98. The summed E-state index contributed by atoms with van der Waals surface area (Å²) < 4.78 is 16.1. The smallest absolute Gasteiger partial charge is 0.313 e. The van der Waals surface area contributed by atoms with Crippen LogP contribution in [0.25, 0.3) is 0 Å². The van der Waals surface area contributed by atoms with Crippen molar-refractivity contribution in [1.82, 2.24) is 14.7 Å². The molecule has 2 aromatic rings. The van der Waals surface area contributed by atoms with Crippen LogP contribution in [-0.4, -0.2) is 39.6 Å². The number of benzene rings is 1. The molecular weight excluding hydrogens is 391 g/mol. The number of piperidine rings is 1. The van der Waals surface area contributed by atoms with Crippen molar-refractivity contribution in [2.45, 2.75) is 18.8 Å². The average molecular weight is 409 g/mol. The van der Waals surface area contributed by atoms with Crippen LogP contribution in [0.5, 0.6) is 0 Å². The van der Waals surface area contributed by atoms with E-state index in [0.29, 0.717) is 23.5 Å². The van der Waals surface area contributed by atoms with Gasteiger partial charge in [-0.15, -0.1) is 0 Å². The summed E-state index contributed by atoms with van der Waals surface area (Å²) in [4.78, 5) is 26.0. The zero-order valence-corrected chi connectivity index (χ0v) is 15.3. The summed E-state index contributed by atoms with van der Waals surface area (Å²) in [7, 11) is 1.87. The molecule has 6 nitrogen and oxygen atoms in total. The lowest BCUT2D eigenvalue weighted by molar-refractivity contribution is -0.143. The van der Waals surface area contributed by atoms with Crippen LogP contribution in [0.15, 0.2) is 35.1 Å². The van der Waals surface area contributed by atoms with Gasteiger partial charge >= 0.3 is 11.8 Å². The van der Waals surface area contributed by atoms with Crippen molar-refractivity contribution < 1.29 is 14.0 Å². The second-order valence-corrected chi connectivity index (χ2v) is 7.01. The van der Waals surface area contributed by atoms with E-state index >= 15 is 0 Å². The molecule has 0 atom stereocenters. The second kappa shape index (κ2) is 7.35. The van der Waals surface area contributed by atoms with Gasteiger partial charge in [-0.1, -0.05) is 15.9 Å². The summed E-state index contributed by atoms with van der Waals surface area (Å²) in [5.74, 6) is -1.70. The van der Waals surface area contributed by atoms with E-state index in [9.17, 15) is 14.0 Å². The molecule has 1 aliphatic heterocycles. The van der Waals surface area contributed by atoms with Crippen molar-refractivity contribution in [2.24, 2.45) is 7.05 Å². The Balaban J connectivity index is 1.58. The van der Waals surface area contributed by atoms with Crippen LogP contribution in [0, 0.1) is 5.82 Å². The Morgan fingerprint density at radius 3 is 2.68 bits per heavy atom. The van der Waals surface area contributed by atoms with E-state index < -0.39 is 17.6 Å². The molecule has 1 aromatic carbocycles. The van der Waals surface area contributed by atoms with Gasteiger partial charge in [0.05, 0.1) is 11.9 Å². The number of rotatable bonds is 2. The molecule has 0 saturated carbocycles. The van der Waals surface area contributed by atoms with Crippen LogP contribution in [0.2, 0.25) is 0 Å². The molecule has 0 spiro atoms. The van der Waals surface area contributed by atoms with Crippen LogP contribution < -0.4 is 5.32 Å². The van der Waals surface area contributed by atoms with Gasteiger partial charge in [0.15, 0.2) is 0 Å². The van der Waals surface area contributed by atoms with E-state index in [1.165, 1.54) is 23.1 Å². The summed E-state index contributed by atoms with van der Waals surface area (Å²) in [6.45, 7) is 0.986. The Kier molecular flexibility index (Phi) is 5.17. The first-order valence-electron chi connectivity index (χ1n) is 7.98. The highest BCUT2D eigenvalue weighted by Crippen LogP contribution is 2.27. The highest BCUT2D eigenvalue weighted by molar-refractivity contribution is 9.10. The van der Waals surface area contributed by atoms with Crippen molar-refractivity contribution in [1.29, 1.82) is 0 Å². The maximum absolute atomic E-state index is 13.7. The molecule has 1 N–H and O–H groups in total. The molecule has 1 fully saturated rings. The van der Waals surface area contributed by atoms with Crippen molar-refractivity contribution in [3.8, 4) is 0 Å². The zero-order valence-electron chi connectivity index (χ0n) is 13.7. The molecule has 132 valence electrons. The quantitative estimate of drug-likeness (QED) is 0.776. The lowest BCUT2D eigenvalue weighted by atomic mass is 9.91. The summed E-state index contributed by atoms with van der Waals surface area (Å²) in [5, 5.41) is 6.51. The van der Waals surface area contributed by atoms with E-state index in [1.54, 1.807) is 4.68 Å². The van der Waals surface area contributed by atoms with Gasteiger partial charge in [-0.25, -0.2) is 4.39 Å². The van der Waals surface area contributed by atoms with E-state index in [0.717, 1.165) is 18.4 Å². The number of carbonyl (C=O) groups is 2. The van der Waals surface area contributed by atoms with Gasteiger partial charge in [-0.3, -0.25) is 14.3 Å². The van der Waals surface area contributed by atoms with Crippen molar-refractivity contribution >= 4 is 33.4 Å². The van der Waals surface area contributed by atoms with Crippen molar-refractivity contribution in [3.63, 3.8) is 0 Å². The minimum absolute atomic E-state index is 0.0158. The topological polar surface area (TPSA) is 67.2 Å². The monoisotopic (exact) mass is 408 g/mol. The van der Waals surface area contributed by atoms with Crippen molar-refractivity contribution in [2.75, 3.05) is 18.4 Å². The summed E-state index contributed by atoms with van der Waals surface area (Å²) in [6.07, 6.45) is 5.36. The third-order valence-electron chi connectivity index (χ3n) is 4.35. The number of aryl methyl sites for hydroxylation is 1. The van der Waals surface area contributed by atoms with Gasteiger partial charge in [0, 0.05) is 30.8 Å². The highest BCUT2D eigenvalue weighted by atomic mass is 79.9. The third kappa shape index (κ3) is 4.07. The molecule has 8 heteroatoms. The van der Waals surface area contributed by atoms with Gasteiger partial charge in [-0.2, -0.15) is 5.10 Å². The lowest BCUT2D eigenvalue weighted by Crippen LogP contribution is -2.43. The Hall–Kier alpha value is -2.22. The maximum Gasteiger partial charge on any atom is 0.313 e. The number of carbonyl (C=O) groups excluding carboxylic acids is 2. The highest BCUT2D eigenvalue weighted by Gasteiger charge is 2.28. The number of anilines is 1. The van der Waals surface area contributed by atoms with Crippen LogP contribution in [0.4, 0.5) is 10.1 Å². The second-order valence-electron chi connectivity index (χ2n) is 6.09. The Labute approximate surface area is 153 Å². The fraction of sp³-hybridized carbons (Fsp3) is 0.353. The van der Waals surface area contributed by atoms with E-state index in [1.807, 2.05) is 19.4 Å². The first-order chi connectivity index (χ1) is 11.9. The molecule has 0 bridgehead atoms. The molecule has 1 aliphatic rings.